The van der Waals surface area contributed by atoms with E-state index in [1.54, 1.807) is 25.2 Å². The first kappa shape index (κ1) is 18.1. The maximum Gasteiger partial charge on any atom is 0.296 e. The first-order valence-corrected chi connectivity index (χ1v) is 6.55. The van der Waals surface area contributed by atoms with Gasteiger partial charge in [-0.25, -0.2) is 0 Å². The molecule has 0 aliphatic carbocycles. The molecule has 0 unspecified atom stereocenters. The van der Waals surface area contributed by atoms with Gasteiger partial charge in [0.15, 0.2) is 5.96 Å². The molecule has 9 heteroatoms. The Morgan fingerprint density at radius 3 is 2.86 bits per heavy atom. The number of carbonyl (C=O) groups excluding carboxylic acids is 1. The second kappa shape index (κ2) is 7.88. The number of ether oxygens (including phenoxy) is 1. The molecule has 0 aliphatic rings. The smallest absolute Gasteiger partial charge is 0.296 e. The Balaban J connectivity index is 0.00000242. The van der Waals surface area contributed by atoms with Gasteiger partial charge in [0.2, 0.25) is 0 Å². The molecule has 1 aromatic carbocycles. The van der Waals surface area contributed by atoms with Gasteiger partial charge in [-0.1, -0.05) is 11.6 Å². The lowest BCUT2D eigenvalue weighted by Crippen LogP contribution is -2.28. The number of halogens is 2. The molecular formula is C13H16Cl2N4O3. The van der Waals surface area contributed by atoms with Crippen molar-refractivity contribution in [3.8, 4) is 5.75 Å². The summed E-state index contributed by atoms with van der Waals surface area (Å²) in [6.45, 7) is 0.0689. The summed E-state index contributed by atoms with van der Waals surface area (Å²) in [5.74, 6) is 0.0179. The summed E-state index contributed by atoms with van der Waals surface area (Å²) < 4.78 is 5.30. The fourth-order valence-electron chi connectivity index (χ4n) is 1.76. The fraction of sp³-hybridized carbons (Fsp3) is 0.231. The quantitative estimate of drug-likeness (QED) is 0.492. The third-order valence-corrected chi connectivity index (χ3v) is 3.04. The molecular weight excluding hydrogens is 331 g/mol. The average molecular weight is 347 g/mol. The number of carbonyl (C=O) groups is 1. The van der Waals surface area contributed by atoms with Gasteiger partial charge in [0.25, 0.3) is 5.91 Å². The van der Waals surface area contributed by atoms with E-state index in [9.17, 15) is 4.79 Å². The Kier molecular flexibility index (Phi) is 6.48. The molecule has 0 atom stereocenters. The van der Waals surface area contributed by atoms with E-state index in [1.807, 2.05) is 0 Å². The minimum atomic E-state index is -0.507. The van der Waals surface area contributed by atoms with Gasteiger partial charge in [0.1, 0.15) is 18.1 Å². The molecule has 0 fully saturated rings. The van der Waals surface area contributed by atoms with Crippen LogP contribution >= 0.6 is 24.0 Å². The van der Waals surface area contributed by atoms with Crippen LogP contribution < -0.4 is 15.8 Å². The Morgan fingerprint density at radius 2 is 2.23 bits per heavy atom. The molecule has 0 saturated heterocycles. The lowest BCUT2D eigenvalue weighted by molar-refractivity contribution is 0.0998. The first-order valence-electron chi connectivity index (χ1n) is 6.17. The second-order valence-corrected chi connectivity index (χ2v) is 4.58. The highest BCUT2D eigenvalue weighted by atomic mass is 35.5. The van der Waals surface area contributed by atoms with Gasteiger partial charge >= 0.3 is 0 Å². The number of nitrogens with one attached hydrogen (secondary N) is 2. The van der Waals surface area contributed by atoms with E-state index in [0.717, 1.165) is 0 Å². The van der Waals surface area contributed by atoms with E-state index < -0.39 is 5.91 Å². The number of hydrogen-bond donors (Lipinski definition) is 4. The van der Waals surface area contributed by atoms with Gasteiger partial charge in [-0.3, -0.25) is 4.79 Å². The number of aromatic amines is 1. The minimum absolute atomic E-state index is 0. The van der Waals surface area contributed by atoms with Crippen molar-refractivity contribution >= 4 is 46.8 Å². The highest BCUT2D eigenvalue weighted by Crippen LogP contribution is 2.29. The molecule has 0 bridgehead atoms. The summed E-state index contributed by atoms with van der Waals surface area (Å²) in [6, 6.07) is 4.91. The van der Waals surface area contributed by atoms with Crippen molar-refractivity contribution in [2.75, 3.05) is 20.3 Å². The predicted octanol–water partition coefficient (Wildman–Crippen LogP) is 1.29. The highest BCUT2D eigenvalue weighted by Gasteiger charge is 2.12. The maximum absolute atomic E-state index is 11.9. The van der Waals surface area contributed by atoms with E-state index in [2.05, 4.69) is 15.3 Å². The average Bonchev–Trinajstić information content (AvgIpc) is 2.89. The molecule has 7 nitrogen and oxygen atoms in total. The summed E-state index contributed by atoms with van der Waals surface area (Å²) in [6.07, 6.45) is 0. The molecule has 0 spiro atoms. The molecule has 5 N–H and O–H groups in total. The third kappa shape index (κ3) is 4.03. The lowest BCUT2D eigenvalue weighted by Gasteiger charge is -2.04. The van der Waals surface area contributed by atoms with Gasteiger partial charge in [-0.15, -0.1) is 12.4 Å². The van der Waals surface area contributed by atoms with Crippen LogP contribution in [0.15, 0.2) is 23.2 Å². The van der Waals surface area contributed by atoms with Gasteiger partial charge < -0.3 is 25.9 Å². The van der Waals surface area contributed by atoms with Gasteiger partial charge in [0.05, 0.1) is 17.1 Å². The molecule has 1 amide bonds. The topological polar surface area (TPSA) is 113 Å². The zero-order chi connectivity index (χ0) is 15.4. The monoisotopic (exact) mass is 346 g/mol. The number of guanidine groups is 1. The van der Waals surface area contributed by atoms with Crippen molar-refractivity contribution in [1.29, 1.82) is 0 Å². The van der Waals surface area contributed by atoms with E-state index in [1.165, 1.54) is 0 Å². The van der Waals surface area contributed by atoms with Crippen molar-refractivity contribution in [3.63, 3.8) is 0 Å². The molecule has 2 rings (SSSR count). The van der Waals surface area contributed by atoms with E-state index in [0.29, 0.717) is 21.7 Å². The molecule has 22 heavy (non-hydrogen) atoms. The van der Waals surface area contributed by atoms with Gasteiger partial charge in [-0.2, -0.15) is 4.99 Å². The number of aliphatic imine (C=N–C) groups is 1. The molecule has 0 radical (unpaired) electrons. The van der Waals surface area contributed by atoms with Crippen LogP contribution in [0.2, 0.25) is 5.02 Å². The van der Waals surface area contributed by atoms with E-state index in [4.69, 9.17) is 27.2 Å². The van der Waals surface area contributed by atoms with Crippen LogP contribution in [-0.4, -0.2) is 42.2 Å². The zero-order valence-electron chi connectivity index (χ0n) is 11.7. The molecule has 120 valence electrons. The second-order valence-electron chi connectivity index (χ2n) is 4.17. The largest absolute Gasteiger partial charge is 0.491 e. The Bertz CT molecular complexity index is 700. The molecule has 2 aromatic rings. The summed E-state index contributed by atoms with van der Waals surface area (Å²) in [5, 5.41) is 12.4. The first-order chi connectivity index (χ1) is 10.0. The van der Waals surface area contributed by atoms with E-state index >= 15 is 0 Å². The van der Waals surface area contributed by atoms with E-state index in [-0.39, 0.29) is 37.3 Å². The standard InChI is InChI=1S/C13H15ClN4O3.ClH/c1-16-13(15)18-12(20)11-6-8-9(14)4-7(21-3-2-19)5-10(8)17-11;/h4-6,17,19H,2-3H2,1H3,(H3,15,16,18,20);1H. The number of hydrogen-bond acceptors (Lipinski definition) is 3. The SMILES string of the molecule is CNC(N)=NC(=O)c1cc2c(Cl)cc(OCCO)cc2[nH]1.Cl. The lowest BCUT2D eigenvalue weighted by atomic mass is 10.2. The van der Waals surface area contributed by atoms with Crippen molar-refractivity contribution in [3.05, 3.63) is 28.9 Å². The Morgan fingerprint density at radius 1 is 1.50 bits per heavy atom. The van der Waals surface area contributed by atoms with Crippen molar-refractivity contribution < 1.29 is 14.6 Å². The normalized spacial score (nSPS) is 11.1. The Labute approximate surface area is 137 Å². The van der Waals surface area contributed by atoms with Gasteiger partial charge in [0, 0.05) is 18.5 Å². The van der Waals surface area contributed by atoms with Crippen molar-refractivity contribution in [2.24, 2.45) is 10.7 Å². The summed E-state index contributed by atoms with van der Waals surface area (Å²) in [7, 11) is 1.57. The number of nitrogens with zero attached hydrogens (tertiary/aromatic N) is 1. The number of H-pyrrole nitrogens is 1. The number of fused-ring (bicyclic) bond motifs is 1. The molecule has 0 saturated carbocycles. The molecule has 0 aliphatic heterocycles. The summed E-state index contributed by atoms with van der Waals surface area (Å²) in [5.41, 5.74) is 6.35. The van der Waals surface area contributed by atoms with Crippen LogP contribution in [0.5, 0.6) is 5.75 Å². The maximum atomic E-state index is 11.9. The van der Waals surface area contributed by atoms with Crippen LogP contribution in [0.25, 0.3) is 10.9 Å². The number of aliphatic hydroxyl groups excluding tert-OH is 1. The van der Waals surface area contributed by atoms with Crippen LogP contribution in [0.3, 0.4) is 0 Å². The highest BCUT2D eigenvalue weighted by molar-refractivity contribution is 6.35. The summed E-state index contributed by atoms with van der Waals surface area (Å²) in [4.78, 5) is 18.5. The number of amides is 1. The molecule has 1 heterocycles. The van der Waals surface area contributed by atoms with Crippen LogP contribution in [0, 0.1) is 0 Å². The van der Waals surface area contributed by atoms with Gasteiger partial charge in [-0.05, 0) is 12.1 Å². The predicted molar refractivity (Wildman–Crippen MR) is 88.2 cm³/mol. The van der Waals surface area contributed by atoms with Crippen LogP contribution in [0.4, 0.5) is 0 Å². The third-order valence-electron chi connectivity index (χ3n) is 2.73. The minimum Gasteiger partial charge on any atom is -0.491 e. The fourth-order valence-corrected chi connectivity index (χ4v) is 2.02. The Hall–Kier alpha value is -1.96. The number of aliphatic hydroxyl groups is 1. The van der Waals surface area contributed by atoms with Crippen LogP contribution in [-0.2, 0) is 0 Å². The summed E-state index contributed by atoms with van der Waals surface area (Å²) >= 11 is 6.15. The number of aromatic nitrogens is 1. The number of rotatable bonds is 4. The zero-order valence-corrected chi connectivity index (χ0v) is 13.3. The number of benzene rings is 1. The van der Waals surface area contributed by atoms with Crippen LogP contribution in [0.1, 0.15) is 10.5 Å². The van der Waals surface area contributed by atoms with Crippen molar-refractivity contribution in [2.45, 2.75) is 0 Å². The molecule has 1 aromatic heterocycles. The number of nitrogens with two attached hydrogens (primary N) is 1. The van der Waals surface area contributed by atoms with Crippen molar-refractivity contribution in [1.82, 2.24) is 10.3 Å².